The van der Waals surface area contributed by atoms with E-state index >= 15 is 0 Å². The molecule has 0 bridgehead atoms. The number of ether oxygens (including phenoxy) is 1. The van der Waals surface area contributed by atoms with Crippen LogP contribution in [0, 0.1) is 0 Å². The summed E-state index contributed by atoms with van der Waals surface area (Å²) >= 11 is 1.52. The van der Waals surface area contributed by atoms with Crippen LogP contribution in [0.2, 0.25) is 0 Å². The summed E-state index contributed by atoms with van der Waals surface area (Å²) in [6.45, 7) is 1.76. The maximum atomic E-state index is 10.7. The number of carbonyl (C=O) groups is 1. The maximum Gasteiger partial charge on any atom is 0.211 e. The van der Waals surface area contributed by atoms with Gasteiger partial charge in [0, 0.05) is 4.90 Å². The second kappa shape index (κ2) is 7.87. The fraction of sp³-hybridized carbons (Fsp3) is 0.235. The van der Waals surface area contributed by atoms with Crippen molar-refractivity contribution in [3.63, 3.8) is 0 Å². The molecule has 0 saturated heterocycles. The normalized spacial score (nSPS) is 13.2. The van der Waals surface area contributed by atoms with E-state index in [4.69, 9.17) is 4.74 Å². The van der Waals surface area contributed by atoms with Gasteiger partial charge in [0.1, 0.15) is 5.75 Å². The zero-order valence-electron chi connectivity index (χ0n) is 12.5. The second-order valence-corrected chi connectivity index (χ2v) is 5.99. The Morgan fingerprint density at radius 1 is 1.18 bits per heavy atom. The number of nitrogens with one attached hydrogen (secondary N) is 1. The number of hydrogen-bond donors (Lipinski definition) is 2. The van der Waals surface area contributed by atoms with Crippen molar-refractivity contribution in [3.05, 3.63) is 54.1 Å². The molecule has 2 N–H and O–H groups in total. The minimum absolute atomic E-state index is 0.138. The highest BCUT2D eigenvalue weighted by atomic mass is 32.2. The summed E-state index contributed by atoms with van der Waals surface area (Å²) in [5, 5.41) is 12.7. The summed E-state index contributed by atoms with van der Waals surface area (Å²) < 4.78 is 5.16. The van der Waals surface area contributed by atoms with Crippen molar-refractivity contribution in [3.8, 4) is 5.75 Å². The molecule has 0 radical (unpaired) electrons. The zero-order valence-corrected chi connectivity index (χ0v) is 13.3. The van der Waals surface area contributed by atoms with E-state index in [2.05, 4.69) is 5.32 Å². The zero-order chi connectivity index (χ0) is 15.9. The van der Waals surface area contributed by atoms with E-state index in [0.29, 0.717) is 6.41 Å². The summed E-state index contributed by atoms with van der Waals surface area (Å²) in [5.74, 6) is 0.779. The number of carbonyl (C=O) groups excluding carboxylic acids is 1. The summed E-state index contributed by atoms with van der Waals surface area (Å²) in [5.41, 5.74) is 1.74. The van der Waals surface area contributed by atoms with Crippen molar-refractivity contribution >= 4 is 23.9 Å². The van der Waals surface area contributed by atoms with E-state index in [1.54, 1.807) is 14.0 Å². The highest BCUT2D eigenvalue weighted by Gasteiger charge is 2.20. The van der Waals surface area contributed by atoms with Gasteiger partial charge in [-0.15, -0.1) is 11.8 Å². The predicted molar refractivity (Wildman–Crippen MR) is 89.4 cm³/mol. The summed E-state index contributed by atoms with van der Waals surface area (Å²) in [6, 6.07) is 15.2. The van der Waals surface area contributed by atoms with Gasteiger partial charge in [0.2, 0.25) is 6.41 Å². The third-order valence-electron chi connectivity index (χ3n) is 3.24. The van der Waals surface area contributed by atoms with Crippen molar-refractivity contribution in [2.75, 3.05) is 12.4 Å². The van der Waals surface area contributed by atoms with Crippen molar-refractivity contribution in [1.29, 1.82) is 0 Å². The average Bonchev–Trinajstić information content (AvgIpc) is 2.54. The van der Waals surface area contributed by atoms with Crippen LogP contribution in [0.25, 0.3) is 0 Å². The number of aliphatic hydroxyl groups is 1. The van der Waals surface area contributed by atoms with Crippen molar-refractivity contribution in [2.24, 2.45) is 0 Å². The van der Waals surface area contributed by atoms with Crippen LogP contribution in [-0.2, 0) is 4.79 Å². The maximum absolute atomic E-state index is 10.7. The van der Waals surface area contributed by atoms with Gasteiger partial charge in [-0.05, 0) is 36.8 Å². The molecule has 0 saturated carbocycles. The fourth-order valence-corrected chi connectivity index (χ4v) is 3.30. The Kier molecular flexibility index (Phi) is 5.86. The van der Waals surface area contributed by atoms with Crippen LogP contribution in [0.1, 0.15) is 17.7 Å². The van der Waals surface area contributed by atoms with Gasteiger partial charge in [-0.2, -0.15) is 0 Å². The largest absolute Gasteiger partial charge is 0.497 e. The number of methoxy groups -OCH3 is 1. The Hall–Kier alpha value is -1.98. The fourth-order valence-electron chi connectivity index (χ4n) is 2.13. The van der Waals surface area contributed by atoms with Gasteiger partial charge in [-0.25, -0.2) is 0 Å². The van der Waals surface area contributed by atoms with Crippen LogP contribution in [0.3, 0.4) is 0 Å². The molecule has 5 heteroatoms. The molecule has 116 valence electrons. The number of benzene rings is 2. The number of anilines is 1. The molecular formula is C17H19NO3S. The van der Waals surface area contributed by atoms with Gasteiger partial charge >= 0.3 is 0 Å². The lowest BCUT2D eigenvalue weighted by Crippen LogP contribution is -2.11. The topological polar surface area (TPSA) is 58.6 Å². The van der Waals surface area contributed by atoms with Crippen LogP contribution in [-0.4, -0.2) is 24.7 Å². The summed E-state index contributed by atoms with van der Waals surface area (Å²) in [6.07, 6.45) is 0.118. The number of thioether (sulfide) groups is 1. The lowest BCUT2D eigenvalue weighted by molar-refractivity contribution is -0.105. The van der Waals surface area contributed by atoms with Crippen LogP contribution in [0.4, 0.5) is 5.69 Å². The Labute approximate surface area is 134 Å². The lowest BCUT2D eigenvalue weighted by Gasteiger charge is -2.21. The highest BCUT2D eigenvalue weighted by molar-refractivity contribution is 7.99. The van der Waals surface area contributed by atoms with Gasteiger partial charge in [0.15, 0.2) is 0 Å². The van der Waals surface area contributed by atoms with Crippen molar-refractivity contribution in [2.45, 2.75) is 23.2 Å². The Balaban J connectivity index is 2.27. The SMILES string of the molecule is COc1ccc(C(Sc2ccccc2NC=O)C(C)O)cc1. The van der Waals surface area contributed by atoms with Gasteiger partial charge in [0.25, 0.3) is 0 Å². The van der Waals surface area contributed by atoms with E-state index in [9.17, 15) is 9.90 Å². The molecule has 2 aromatic carbocycles. The molecule has 22 heavy (non-hydrogen) atoms. The molecule has 4 nitrogen and oxygen atoms in total. The summed E-state index contributed by atoms with van der Waals surface area (Å²) in [7, 11) is 1.62. The predicted octanol–water partition coefficient (Wildman–Crippen LogP) is 3.48. The molecule has 0 aliphatic carbocycles. The first-order valence-electron chi connectivity index (χ1n) is 6.93. The minimum atomic E-state index is -0.539. The van der Waals surface area contributed by atoms with Gasteiger partial charge < -0.3 is 15.2 Å². The quantitative estimate of drug-likeness (QED) is 0.606. The van der Waals surface area contributed by atoms with Crippen molar-refractivity contribution < 1.29 is 14.6 Å². The molecule has 0 aliphatic rings. The Morgan fingerprint density at radius 3 is 2.45 bits per heavy atom. The summed E-state index contributed by atoms with van der Waals surface area (Å²) in [4.78, 5) is 11.6. The number of para-hydroxylation sites is 1. The van der Waals surface area contributed by atoms with Crippen LogP contribution < -0.4 is 10.1 Å². The van der Waals surface area contributed by atoms with Crippen LogP contribution >= 0.6 is 11.8 Å². The van der Waals surface area contributed by atoms with E-state index < -0.39 is 6.10 Å². The standard InChI is InChI=1S/C17H19NO3S/c1-12(20)17(13-7-9-14(21-2)10-8-13)22-16-6-4-3-5-15(16)18-11-19/h3-12,17,20H,1-2H3,(H,18,19). The van der Waals surface area contributed by atoms with Crippen molar-refractivity contribution in [1.82, 2.24) is 0 Å². The molecule has 0 aromatic heterocycles. The number of hydrogen-bond acceptors (Lipinski definition) is 4. The third kappa shape index (κ3) is 4.02. The number of rotatable bonds is 7. The molecule has 2 rings (SSSR count). The highest BCUT2D eigenvalue weighted by Crippen LogP contribution is 2.41. The third-order valence-corrected chi connectivity index (χ3v) is 4.77. The molecule has 0 heterocycles. The first kappa shape index (κ1) is 16.4. The van der Waals surface area contributed by atoms with Gasteiger partial charge in [0.05, 0.1) is 24.2 Å². The Bertz CT molecular complexity index is 614. The molecular weight excluding hydrogens is 298 g/mol. The van der Waals surface area contributed by atoms with E-state index in [1.165, 1.54) is 11.8 Å². The molecule has 1 amide bonds. The monoisotopic (exact) mass is 317 g/mol. The van der Waals surface area contributed by atoms with Gasteiger partial charge in [-0.3, -0.25) is 4.79 Å². The average molecular weight is 317 g/mol. The van der Waals surface area contributed by atoms with Gasteiger partial charge in [-0.1, -0.05) is 24.3 Å². The Morgan fingerprint density at radius 2 is 1.86 bits per heavy atom. The molecule has 0 spiro atoms. The molecule has 0 fully saturated rings. The lowest BCUT2D eigenvalue weighted by atomic mass is 10.1. The number of amides is 1. The van der Waals surface area contributed by atoms with Crippen LogP contribution in [0.5, 0.6) is 5.75 Å². The van der Waals surface area contributed by atoms with E-state index in [0.717, 1.165) is 21.9 Å². The minimum Gasteiger partial charge on any atom is -0.497 e. The first-order chi connectivity index (χ1) is 10.7. The van der Waals surface area contributed by atoms with Crippen LogP contribution in [0.15, 0.2) is 53.4 Å². The molecule has 2 unspecified atom stereocenters. The molecule has 2 atom stereocenters. The first-order valence-corrected chi connectivity index (χ1v) is 7.81. The number of aliphatic hydroxyl groups excluding tert-OH is 1. The van der Waals surface area contributed by atoms with E-state index in [-0.39, 0.29) is 5.25 Å². The molecule has 2 aromatic rings. The smallest absolute Gasteiger partial charge is 0.211 e. The second-order valence-electron chi connectivity index (χ2n) is 4.81. The molecule has 0 aliphatic heterocycles. The van der Waals surface area contributed by atoms with E-state index in [1.807, 2.05) is 48.5 Å².